The Morgan fingerprint density at radius 3 is 1.26 bits per heavy atom. The van der Waals surface area contributed by atoms with Crippen molar-refractivity contribution in [3.63, 3.8) is 0 Å². The molecule has 10 aromatic rings. The third-order valence-electron chi connectivity index (χ3n) is 18.0. The number of aromatic nitrogens is 5. The van der Waals surface area contributed by atoms with E-state index in [0.29, 0.717) is 41.0 Å². The molecule has 0 bridgehead atoms. The van der Waals surface area contributed by atoms with Crippen LogP contribution in [0.3, 0.4) is 0 Å². The van der Waals surface area contributed by atoms with Gasteiger partial charge in [0.2, 0.25) is 0 Å². The van der Waals surface area contributed by atoms with Crippen molar-refractivity contribution in [1.82, 2.24) is 23.3 Å². The topological polar surface area (TPSA) is 319 Å². The summed E-state index contributed by atoms with van der Waals surface area (Å²) < 4.78 is 89.6. The van der Waals surface area contributed by atoms with Gasteiger partial charge in [-0.3, -0.25) is 13.9 Å². The van der Waals surface area contributed by atoms with E-state index in [1.807, 2.05) is 87.1 Å². The summed E-state index contributed by atoms with van der Waals surface area (Å²) in [6.45, 7) is 12.2. The van der Waals surface area contributed by atoms with Gasteiger partial charge >= 0.3 is 23.5 Å². The third kappa shape index (κ3) is 20.7. The van der Waals surface area contributed by atoms with Gasteiger partial charge in [-0.25, -0.2) is 13.7 Å². The number of nitrogens with zero attached hydrogens (tertiary/aromatic N) is 4. The summed E-state index contributed by atoms with van der Waals surface area (Å²) in [4.78, 5) is 51.0. The zero-order valence-corrected chi connectivity index (χ0v) is 67.3. The maximum Gasteiger partial charge on any atom is 0.490 e. The Kier molecular flexibility index (Phi) is 29.0. The third-order valence-corrected chi connectivity index (χ3v) is 28.8. The van der Waals surface area contributed by atoms with Gasteiger partial charge in [-0.2, -0.15) is 8.62 Å². The van der Waals surface area contributed by atoms with E-state index in [-0.39, 0.29) is 48.9 Å². The van der Waals surface area contributed by atoms with Crippen LogP contribution in [0.1, 0.15) is 118 Å². The molecular formula is C66H81ClN5O19P3S9. The highest BCUT2D eigenvalue weighted by Gasteiger charge is 2.43. The molecular weight excluding hydrogens is 1580 g/mol. The molecule has 0 spiro atoms. The highest BCUT2D eigenvalue weighted by atomic mass is 35.5. The van der Waals surface area contributed by atoms with Crippen LogP contribution in [-0.2, 0) is 50.5 Å². The van der Waals surface area contributed by atoms with Crippen LogP contribution in [0.2, 0.25) is 0 Å². The number of H-pyrrole nitrogens is 1. The van der Waals surface area contributed by atoms with Gasteiger partial charge in [0.1, 0.15) is 61.2 Å². The van der Waals surface area contributed by atoms with Crippen LogP contribution < -0.4 is 5.56 Å². The first kappa shape index (κ1) is 82.1. The molecule has 560 valence electrons. The van der Waals surface area contributed by atoms with Crippen LogP contribution in [-0.4, -0.2) is 120 Å². The van der Waals surface area contributed by atoms with Crippen LogP contribution >= 0.6 is 141 Å². The maximum atomic E-state index is 12.4. The Morgan fingerprint density at radius 1 is 0.495 bits per heavy atom. The van der Waals surface area contributed by atoms with Crippen molar-refractivity contribution in [1.29, 1.82) is 0 Å². The van der Waals surface area contributed by atoms with Gasteiger partial charge in [-0.05, 0) is 171 Å². The number of aliphatic hydroxyl groups excluding tert-OH is 3. The number of hydrogen-bond donors (Lipinski definition) is 8. The van der Waals surface area contributed by atoms with Gasteiger partial charge < -0.3 is 77.3 Å². The van der Waals surface area contributed by atoms with E-state index in [0.717, 1.165) is 82.7 Å². The summed E-state index contributed by atoms with van der Waals surface area (Å²) in [5, 5.41) is 44.6. The fraction of sp³-hybridized carbons (Fsp3) is 0.470. The summed E-state index contributed by atoms with van der Waals surface area (Å²) in [7, 11) is -16.4. The molecule has 0 saturated carbocycles. The molecule has 5 aliphatic rings. The largest absolute Gasteiger partial charge is 0.490 e. The molecule has 103 heavy (non-hydrogen) atoms. The minimum absolute atomic E-state index is 0.0232. The van der Waals surface area contributed by atoms with Gasteiger partial charge in [0, 0.05) is 43.8 Å². The highest BCUT2D eigenvalue weighted by Crippen LogP contribution is 2.66. The average molecular weight is 1670 g/mol. The molecule has 5 aliphatic heterocycles. The first-order chi connectivity index (χ1) is 49.0. The van der Waals surface area contributed by atoms with Crippen LogP contribution in [0.5, 0.6) is 0 Å². The predicted octanol–water partition coefficient (Wildman–Crippen LogP) is 18.0. The molecule has 37 heteroatoms. The lowest BCUT2D eigenvalue weighted by Crippen LogP contribution is -2.26. The number of phosphoric acid groups is 3. The van der Waals surface area contributed by atoms with Crippen molar-refractivity contribution in [2.45, 2.75) is 166 Å². The minimum atomic E-state index is -5.62. The Balaban J connectivity index is 0.000000138. The second-order valence-electron chi connectivity index (χ2n) is 25.1. The lowest BCUT2D eigenvalue weighted by atomic mass is 10.0. The smallest absolute Gasteiger partial charge is 0.394 e. The first-order valence-corrected chi connectivity index (χ1v) is 44.0. The number of nitrogens with one attached hydrogen (secondary N) is 1. The number of fused-ring (bicyclic) bond motifs is 5. The molecule has 8 N–H and O–H groups in total. The number of halogens is 1. The van der Waals surface area contributed by atoms with Crippen molar-refractivity contribution >= 4 is 191 Å². The van der Waals surface area contributed by atoms with E-state index < -0.39 is 60.7 Å². The zero-order valence-electron chi connectivity index (χ0n) is 56.5. The molecule has 5 fully saturated rings. The van der Waals surface area contributed by atoms with Crippen molar-refractivity contribution in [3.8, 4) is 0 Å². The molecule has 0 radical (unpaired) electrons. The molecule has 17 atom stereocenters. The average Bonchev–Trinajstić information content (AvgIpc) is 1.68. The van der Waals surface area contributed by atoms with Gasteiger partial charge in [0.05, 0.1) is 67.2 Å². The summed E-state index contributed by atoms with van der Waals surface area (Å²) in [6.07, 6.45) is 12.8. The Hall–Kier alpha value is -3.39. The minimum Gasteiger partial charge on any atom is -0.394 e. The Morgan fingerprint density at radius 2 is 0.864 bits per heavy atom. The summed E-state index contributed by atoms with van der Waals surface area (Å²) in [6, 6.07) is 20.1. The van der Waals surface area contributed by atoms with Crippen LogP contribution in [0.4, 0.5) is 0 Å². The molecule has 5 saturated heterocycles. The number of phosphoric ester groups is 1. The molecule has 0 amide bonds. The zero-order chi connectivity index (χ0) is 74.2. The van der Waals surface area contributed by atoms with Gasteiger partial charge in [0.15, 0.2) is 0 Å². The number of ether oxygens (including phenoxy) is 5. The van der Waals surface area contributed by atoms with E-state index in [1.165, 1.54) is 42.8 Å². The Labute approximate surface area is 639 Å². The van der Waals surface area contributed by atoms with Crippen molar-refractivity contribution in [2.24, 2.45) is 17.8 Å². The Bertz CT molecular complexity index is 4710. The van der Waals surface area contributed by atoms with E-state index in [1.54, 1.807) is 49.3 Å². The first-order valence-electron chi connectivity index (χ1n) is 33.0. The van der Waals surface area contributed by atoms with E-state index in [9.17, 15) is 33.6 Å². The van der Waals surface area contributed by atoms with E-state index >= 15 is 0 Å². The van der Waals surface area contributed by atoms with Crippen LogP contribution in [0, 0.1) is 36.3 Å². The van der Waals surface area contributed by atoms with E-state index in [4.69, 9.17) is 104 Å². The van der Waals surface area contributed by atoms with Crippen LogP contribution in [0.15, 0.2) is 123 Å². The second-order valence-corrected chi connectivity index (χ2v) is 36.1. The number of thiophene rings is 5. The van der Waals surface area contributed by atoms with Crippen molar-refractivity contribution in [3.05, 3.63) is 147 Å². The second kappa shape index (κ2) is 36.4. The summed E-state index contributed by atoms with van der Waals surface area (Å²) in [5.74, 6) is 1.78. The summed E-state index contributed by atoms with van der Waals surface area (Å²) in [5.41, 5.74) is 0.0569. The summed E-state index contributed by atoms with van der Waals surface area (Å²) >= 11 is 35.2. The fourth-order valence-corrected chi connectivity index (χ4v) is 21.9. The van der Waals surface area contributed by atoms with Gasteiger partial charge in [-0.1, -0.05) is 102 Å². The van der Waals surface area contributed by atoms with Crippen molar-refractivity contribution < 1.29 is 85.4 Å². The number of alkyl halides is 1. The van der Waals surface area contributed by atoms with E-state index in [2.05, 4.69) is 94.0 Å². The molecule has 15 rings (SSSR count). The van der Waals surface area contributed by atoms with Gasteiger partial charge in [0.25, 0.3) is 5.56 Å². The normalized spacial score (nSPS) is 27.2. The van der Waals surface area contributed by atoms with Crippen molar-refractivity contribution in [2.75, 3.05) is 13.2 Å². The number of pyridine rings is 5. The fourth-order valence-electron chi connectivity index (χ4n) is 12.7. The van der Waals surface area contributed by atoms with Gasteiger partial charge in [-0.15, -0.1) is 56.7 Å². The molecule has 0 aliphatic carbocycles. The predicted molar refractivity (Wildman–Crippen MR) is 416 cm³/mol. The molecule has 3 unspecified atom stereocenters. The number of aromatic amines is 1. The standard InChI is InChI=1S/C14H17NO2S.C14H17NOS2.C12H16NO12P3S2.C12H13NO3S2.C7H13ClO.C7H5NS2/c1-3-11-9(2)8-12(17-11)15-6-4-10-5-7-18-13(10)14(15)16;1-3-11-9(2)8-12(16-11)15-6-4-10-5-7-18-13(10)14(15)17;14-8-5-10(13-3-1-7-2-4-30-11(7)12(13)29)23-9(8)6-22-27(18,19)25-28(20,21)24-26(15,16)17;14-6-9-8(15)5-10(16-9)13-3-1-7-2-4-18-11(7)12(13)17;1-3-6-5(2)4-7(8)9-6;9-7-6-5(1-3-8-7)2-4-10-6/h2*4-7,9,11-12H,3,8H2,1-2H3;1-4,8-10,14H,5-6H2,(H,18,19)(H,20,21)(H2,15,16,17);1-4,8-10,14-15H,5-6H2;5-7H,3-4H2,1-2H3;1-4H,(H,8,9)/t2*9-,11-,12-;2*8-,9-,10-;5-,6-,7?;/m11111./s1. The monoisotopic (exact) mass is 1660 g/mol. The molecule has 10 aromatic heterocycles. The molecule has 24 nitrogen and oxygen atoms in total. The van der Waals surface area contributed by atoms with Crippen LogP contribution in [0.25, 0.3) is 50.4 Å². The SMILES string of the molecule is CC[C@H]1OC(Cl)C[C@H]1C.CC[C@H]1O[C@@H](n2ccc3ccsc3c2=O)C[C@H]1C.CC[C@H]1O[C@@H](n2ccc3ccsc3c2=S)C[C@H]1C.O=P(O)(O)OP(=O)(O)OP(=O)(O)OC[C@H]1O[C@@H](n2ccc3ccsc3c2=S)C[C@H]1O.OC[C@H]1O[C@@H](n2ccc3ccsc3c2=S)C[C@H]1O.S=c1[nH]ccc2ccsc12. The number of hydrogen-bond acceptors (Lipinski definition) is 24. The molecule has 15 heterocycles. The quantitative estimate of drug-likeness (QED) is 0.0269. The highest BCUT2D eigenvalue weighted by molar-refractivity contribution is 7.72. The lowest BCUT2D eigenvalue weighted by molar-refractivity contribution is -0.0447. The number of aliphatic hydroxyl groups is 3. The number of rotatable bonds is 15. The lowest BCUT2D eigenvalue weighted by Gasteiger charge is -2.19. The molecule has 0 aromatic carbocycles. The maximum absolute atomic E-state index is 12.4.